The highest BCUT2D eigenvalue weighted by molar-refractivity contribution is 5.87. The highest BCUT2D eigenvalue weighted by atomic mass is 16.5. The first-order valence-corrected chi connectivity index (χ1v) is 6.89. The summed E-state index contributed by atoms with van der Waals surface area (Å²) in [5, 5.41) is 2.59. The Hall–Kier alpha value is -2.04. The number of rotatable bonds is 6. The summed E-state index contributed by atoms with van der Waals surface area (Å²) in [6.45, 7) is 7.13. The topological polar surface area (TPSA) is 64.6 Å². The molecule has 0 aliphatic carbocycles. The van der Waals surface area contributed by atoms with Gasteiger partial charge in [-0.25, -0.2) is 4.79 Å². The van der Waals surface area contributed by atoms with Gasteiger partial charge < -0.3 is 14.8 Å². The standard InChI is InChI=1S/C16H23NO4/c1-11(2)12-8-6-7-9-13(12)21-10-14(18)17-16(3,4)15(19)20-5/h6-9,11H,10H2,1-5H3,(H,17,18). The van der Waals surface area contributed by atoms with E-state index in [2.05, 4.69) is 23.9 Å². The second-order valence-corrected chi connectivity index (χ2v) is 5.65. The van der Waals surface area contributed by atoms with Gasteiger partial charge in [-0.05, 0) is 31.4 Å². The molecule has 0 aliphatic heterocycles. The molecule has 0 radical (unpaired) electrons. The van der Waals surface area contributed by atoms with Crippen molar-refractivity contribution in [2.45, 2.75) is 39.2 Å². The van der Waals surface area contributed by atoms with Crippen molar-refractivity contribution in [1.82, 2.24) is 5.32 Å². The molecule has 1 N–H and O–H groups in total. The average molecular weight is 293 g/mol. The molecule has 0 unspecified atom stereocenters. The van der Waals surface area contributed by atoms with E-state index >= 15 is 0 Å². The Kier molecular flexibility index (Phi) is 5.76. The molecular formula is C16H23NO4. The number of hydrogen-bond donors (Lipinski definition) is 1. The lowest BCUT2D eigenvalue weighted by molar-refractivity contribution is -0.149. The fourth-order valence-electron chi connectivity index (χ4n) is 1.92. The molecule has 5 heteroatoms. The lowest BCUT2D eigenvalue weighted by Gasteiger charge is -2.23. The third kappa shape index (κ3) is 4.77. The predicted molar refractivity (Wildman–Crippen MR) is 80.3 cm³/mol. The Morgan fingerprint density at radius 3 is 2.43 bits per heavy atom. The highest BCUT2D eigenvalue weighted by Crippen LogP contribution is 2.25. The Balaban J connectivity index is 2.64. The van der Waals surface area contributed by atoms with Gasteiger partial charge in [-0.1, -0.05) is 32.0 Å². The maximum absolute atomic E-state index is 11.9. The molecule has 1 amide bonds. The largest absolute Gasteiger partial charge is 0.483 e. The van der Waals surface area contributed by atoms with Crippen molar-refractivity contribution >= 4 is 11.9 Å². The van der Waals surface area contributed by atoms with Crippen LogP contribution in [0.2, 0.25) is 0 Å². The van der Waals surface area contributed by atoms with Crippen molar-refractivity contribution in [3.8, 4) is 5.75 Å². The molecule has 0 heterocycles. The first-order chi connectivity index (χ1) is 9.77. The summed E-state index contributed by atoms with van der Waals surface area (Å²) in [6, 6.07) is 7.59. The number of nitrogens with one attached hydrogen (secondary N) is 1. The SMILES string of the molecule is COC(=O)C(C)(C)NC(=O)COc1ccccc1C(C)C. The summed E-state index contributed by atoms with van der Waals surface area (Å²) in [4.78, 5) is 23.4. The van der Waals surface area contributed by atoms with Gasteiger partial charge in [-0.15, -0.1) is 0 Å². The molecule has 1 rings (SSSR count). The molecule has 0 aromatic heterocycles. The summed E-state index contributed by atoms with van der Waals surface area (Å²) in [5.74, 6) is 0.108. The molecule has 0 saturated heterocycles. The first kappa shape index (κ1) is 17.0. The summed E-state index contributed by atoms with van der Waals surface area (Å²) in [5.41, 5.74) is -0.0372. The lowest BCUT2D eigenvalue weighted by Crippen LogP contribution is -2.51. The van der Waals surface area contributed by atoms with Gasteiger partial charge >= 0.3 is 5.97 Å². The number of amides is 1. The van der Waals surface area contributed by atoms with Gasteiger partial charge in [0.2, 0.25) is 0 Å². The molecule has 5 nitrogen and oxygen atoms in total. The number of ether oxygens (including phenoxy) is 2. The van der Waals surface area contributed by atoms with Crippen LogP contribution >= 0.6 is 0 Å². The fourth-order valence-corrected chi connectivity index (χ4v) is 1.92. The molecule has 0 fully saturated rings. The number of carbonyl (C=O) groups excluding carboxylic acids is 2. The minimum Gasteiger partial charge on any atom is -0.483 e. The molecule has 21 heavy (non-hydrogen) atoms. The molecule has 1 aromatic carbocycles. The van der Waals surface area contributed by atoms with Crippen molar-refractivity contribution in [2.24, 2.45) is 0 Å². The van der Waals surface area contributed by atoms with E-state index in [-0.39, 0.29) is 12.5 Å². The summed E-state index contributed by atoms with van der Waals surface area (Å²) < 4.78 is 10.2. The number of hydrogen-bond acceptors (Lipinski definition) is 4. The minimum atomic E-state index is -1.08. The molecule has 116 valence electrons. The molecule has 1 aromatic rings. The Morgan fingerprint density at radius 1 is 1.24 bits per heavy atom. The number of benzene rings is 1. The summed E-state index contributed by atoms with van der Waals surface area (Å²) >= 11 is 0. The molecular weight excluding hydrogens is 270 g/mol. The summed E-state index contributed by atoms with van der Waals surface area (Å²) in [7, 11) is 1.28. The van der Waals surface area contributed by atoms with Crippen molar-refractivity contribution in [2.75, 3.05) is 13.7 Å². The van der Waals surface area contributed by atoms with Crippen molar-refractivity contribution < 1.29 is 19.1 Å². The van der Waals surface area contributed by atoms with Gasteiger partial charge in [0.25, 0.3) is 5.91 Å². The summed E-state index contributed by atoms with van der Waals surface area (Å²) in [6.07, 6.45) is 0. The number of para-hydroxylation sites is 1. The van der Waals surface area contributed by atoms with E-state index in [1.807, 2.05) is 24.3 Å². The van der Waals surface area contributed by atoms with Crippen molar-refractivity contribution in [3.05, 3.63) is 29.8 Å². The highest BCUT2D eigenvalue weighted by Gasteiger charge is 2.30. The predicted octanol–water partition coefficient (Wildman–Crippen LogP) is 2.26. The molecule has 0 bridgehead atoms. The van der Waals surface area contributed by atoms with E-state index in [1.54, 1.807) is 13.8 Å². The zero-order valence-corrected chi connectivity index (χ0v) is 13.2. The number of carbonyl (C=O) groups is 2. The smallest absolute Gasteiger partial charge is 0.330 e. The zero-order chi connectivity index (χ0) is 16.0. The van der Waals surface area contributed by atoms with Gasteiger partial charge in [-0.3, -0.25) is 4.79 Å². The Bertz CT molecular complexity index is 509. The lowest BCUT2D eigenvalue weighted by atomic mass is 10.0. The van der Waals surface area contributed by atoms with Crippen LogP contribution < -0.4 is 10.1 Å². The van der Waals surface area contributed by atoms with E-state index in [9.17, 15) is 9.59 Å². The number of esters is 1. The average Bonchev–Trinajstić information content (AvgIpc) is 2.43. The second kappa shape index (κ2) is 7.11. The van der Waals surface area contributed by atoms with E-state index in [0.29, 0.717) is 11.7 Å². The Labute approximate surface area is 125 Å². The third-order valence-electron chi connectivity index (χ3n) is 3.05. The van der Waals surface area contributed by atoms with Gasteiger partial charge in [0.1, 0.15) is 11.3 Å². The maximum atomic E-state index is 11.9. The van der Waals surface area contributed by atoms with Gasteiger partial charge in [0, 0.05) is 0 Å². The van der Waals surface area contributed by atoms with Gasteiger partial charge in [0.15, 0.2) is 6.61 Å². The monoisotopic (exact) mass is 293 g/mol. The Morgan fingerprint density at radius 2 is 1.86 bits per heavy atom. The normalized spacial score (nSPS) is 11.1. The second-order valence-electron chi connectivity index (χ2n) is 5.65. The molecule has 0 saturated carbocycles. The van der Waals surface area contributed by atoms with Crippen LogP contribution in [0.25, 0.3) is 0 Å². The molecule has 0 atom stereocenters. The minimum absolute atomic E-state index is 0.149. The zero-order valence-electron chi connectivity index (χ0n) is 13.2. The van der Waals surface area contributed by atoms with Crippen LogP contribution in [0.3, 0.4) is 0 Å². The van der Waals surface area contributed by atoms with Gasteiger partial charge in [-0.2, -0.15) is 0 Å². The number of methoxy groups -OCH3 is 1. The van der Waals surface area contributed by atoms with Crippen LogP contribution in [0.4, 0.5) is 0 Å². The van der Waals surface area contributed by atoms with E-state index in [4.69, 9.17) is 4.74 Å². The maximum Gasteiger partial charge on any atom is 0.330 e. The van der Waals surface area contributed by atoms with Crippen LogP contribution in [0.1, 0.15) is 39.2 Å². The molecule has 0 aliphatic rings. The van der Waals surface area contributed by atoms with E-state index in [1.165, 1.54) is 7.11 Å². The molecule has 0 spiro atoms. The van der Waals surface area contributed by atoms with Crippen molar-refractivity contribution in [3.63, 3.8) is 0 Å². The van der Waals surface area contributed by atoms with Gasteiger partial charge in [0.05, 0.1) is 7.11 Å². The van der Waals surface area contributed by atoms with E-state index < -0.39 is 11.5 Å². The van der Waals surface area contributed by atoms with Crippen LogP contribution in [-0.4, -0.2) is 31.1 Å². The van der Waals surface area contributed by atoms with E-state index in [0.717, 1.165) is 5.56 Å². The van der Waals surface area contributed by atoms with Crippen LogP contribution in [0.5, 0.6) is 5.75 Å². The fraction of sp³-hybridized carbons (Fsp3) is 0.500. The first-order valence-electron chi connectivity index (χ1n) is 6.89. The van der Waals surface area contributed by atoms with Crippen LogP contribution in [0.15, 0.2) is 24.3 Å². The van der Waals surface area contributed by atoms with Crippen LogP contribution in [0, 0.1) is 0 Å². The van der Waals surface area contributed by atoms with Crippen LogP contribution in [-0.2, 0) is 14.3 Å². The van der Waals surface area contributed by atoms with Crippen molar-refractivity contribution in [1.29, 1.82) is 0 Å². The quantitative estimate of drug-likeness (QED) is 0.817. The third-order valence-corrected chi connectivity index (χ3v) is 3.05.